The second-order valence-electron chi connectivity index (χ2n) is 8.37. The van der Waals surface area contributed by atoms with Gasteiger partial charge in [0.15, 0.2) is 6.17 Å². The van der Waals surface area contributed by atoms with Gasteiger partial charge in [0.2, 0.25) is 0 Å². The van der Waals surface area contributed by atoms with E-state index in [4.69, 9.17) is 4.99 Å². The fourth-order valence-corrected chi connectivity index (χ4v) is 5.00. The molecule has 28 heavy (non-hydrogen) atoms. The van der Waals surface area contributed by atoms with Crippen LogP contribution in [0.3, 0.4) is 0 Å². The van der Waals surface area contributed by atoms with E-state index in [9.17, 15) is 4.79 Å². The summed E-state index contributed by atoms with van der Waals surface area (Å²) in [6, 6.07) is 10.8. The Bertz CT molecular complexity index is 811. The van der Waals surface area contributed by atoms with Crippen LogP contribution in [0, 0.1) is 5.92 Å². The van der Waals surface area contributed by atoms with E-state index < -0.39 is 0 Å². The summed E-state index contributed by atoms with van der Waals surface area (Å²) in [5.41, 5.74) is 2.37. The van der Waals surface area contributed by atoms with Crippen molar-refractivity contribution >= 4 is 11.9 Å². The predicted octanol–water partition coefficient (Wildman–Crippen LogP) is 3.04. The standard InChI is InChI=1S/C22H29N5O/c1-2-12-26-21-18(24-19(25-21)16-10-6-7-11-16)20-23-17(14-27(20)22(26)28)13-15-8-4-3-5-9-15/h3-5,8-9,16-17,21,23H,2,6-7,10-14H2,1H3,(H,24,25)/t17-,21?/m0/s1. The van der Waals surface area contributed by atoms with Crippen molar-refractivity contribution in [1.82, 2.24) is 20.4 Å². The molecule has 4 aliphatic rings. The molecule has 3 aliphatic heterocycles. The molecule has 1 saturated heterocycles. The maximum atomic E-state index is 13.2. The molecule has 2 amide bonds. The van der Waals surface area contributed by atoms with Gasteiger partial charge in [-0.05, 0) is 31.2 Å². The topological polar surface area (TPSA) is 60.0 Å². The van der Waals surface area contributed by atoms with Gasteiger partial charge in [0.05, 0.1) is 0 Å². The van der Waals surface area contributed by atoms with Crippen LogP contribution < -0.4 is 10.6 Å². The summed E-state index contributed by atoms with van der Waals surface area (Å²) >= 11 is 0. The van der Waals surface area contributed by atoms with E-state index in [1.165, 1.54) is 31.2 Å². The Hall–Kier alpha value is -2.50. The van der Waals surface area contributed by atoms with Gasteiger partial charge >= 0.3 is 6.03 Å². The maximum Gasteiger partial charge on any atom is 0.327 e. The Labute approximate surface area is 166 Å². The average molecular weight is 380 g/mol. The molecule has 1 aliphatic carbocycles. The lowest BCUT2D eigenvalue weighted by Crippen LogP contribution is -2.53. The molecule has 1 aromatic rings. The van der Waals surface area contributed by atoms with E-state index in [1.807, 2.05) is 15.9 Å². The summed E-state index contributed by atoms with van der Waals surface area (Å²) in [5.74, 6) is 2.56. The molecule has 2 atom stereocenters. The van der Waals surface area contributed by atoms with Gasteiger partial charge in [-0.25, -0.2) is 9.79 Å². The molecule has 0 radical (unpaired) electrons. The number of rotatable bonds is 5. The summed E-state index contributed by atoms with van der Waals surface area (Å²) in [6.07, 6.45) is 6.64. The number of amidine groups is 1. The van der Waals surface area contributed by atoms with Crippen molar-refractivity contribution in [2.24, 2.45) is 10.9 Å². The van der Waals surface area contributed by atoms with E-state index in [-0.39, 0.29) is 18.2 Å². The normalized spacial score (nSPS) is 26.9. The number of aliphatic imine (C=N–C) groups is 1. The van der Waals surface area contributed by atoms with E-state index >= 15 is 0 Å². The highest BCUT2D eigenvalue weighted by atomic mass is 16.2. The minimum atomic E-state index is -0.183. The van der Waals surface area contributed by atoms with Crippen LogP contribution in [-0.4, -0.2) is 47.0 Å². The number of hydrogen-bond acceptors (Lipinski definition) is 4. The fraction of sp³-hybridized carbons (Fsp3) is 0.545. The predicted molar refractivity (Wildman–Crippen MR) is 110 cm³/mol. The summed E-state index contributed by atoms with van der Waals surface area (Å²) in [5, 5.41) is 7.27. The summed E-state index contributed by atoms with van der Waals surface area (Å²) in [6.45, 7) is 3.57. The first-order valence-electron chi connectivity index (χ1n) is 10.7. The molecule has 6 heteroatoms. The molecule has 1 unspecified atom stereocenters. The molecular formula is C22H29N5O. The van der Waals surface area contributed by atoms with Crippen LogP contribution in [0.2, 0.25) is 0 Å². The van der Waals surface area contributed by atoms with E-state index in [0.29, 0.717) is 12.5 Å². The SMILES string of the molecule is CCCN1C(=O)N2C[C@H](Cc3ccccc3)NC2=C2NC(C3CCCC3)=NC21. The first kappa shape index (κ1) is 17.6. The van der Waals surface area contributed by atoms with Crippen molar-refractivity contribution in [2.45, 2.75) is 57.7 Å². The molecule has 1 aromatic carbocycles. The number of carbonyl (C=O) groups excluding carboxylic acids is 1. The summed E-state index contributed by atoms with van der Waals surface area (Å²) in [4.78, 5) is 22.1. The van der Waals surface area contributed by atoms with Gasteiger partial charge in [-0.2, -0.15) is 0 Å². The fourth-order valence-electron chi connectivity index (χ4n) is 5.00. The highest BCUT2D eigenvalue weighted by Crippen LogP contribution is 2.35. The van der Waals surface area contributed by atoms with E-state index in [0.717, 1.165) is 36.7 Å². The monoisotopic (exact) mass is 379 g/mol. The van der Waals surface area contributed by atoms with Gasteiger partial charge in [-0.15, -0.1) is 0 Å². The largest absolute Gasteiger partial charge is 0.365 e. The third kappa shape index (κ3) is 2.95. The lowest BCUT2D eigenvalue weighted by Gasteiger charge is -2.36. The Kier molecular flexibility index (Phi) is 4.49. The number of fused-ring (bicyclic) bond motifs is 2. The minimum Gasteiger partial charge on any atom is -0.365 e. The number of benzene rings is 1. The van der Waals surface area contributed by atoms with Gasteiger partial charge in [0.25, 0.3) is 0 Å². The second-order valence-corrected chi connectivity index (χ2v) is 8.37. The number of nitrogens with zero attached hydrogens (tertiary/aromatic N) is 3. The number of carbonyl (C=O) groups is 1. The highest BCUT2D eigenvalue weighted by molar-refractivity contribution is 5.91. The Morgan fingerprint density at radius 1 is 1.18 bits per heavy atom. The van der Waals surface area contributed by atoms with Gasteiger partial charge < -0.3 is 10.6 Å². The average Bonchev–Trinajstić information content (AvgIpc) is 3.44. The molecule has 2 N–H and O–H groups in total. The summed E-state index contributed by atoms with van der Waals surface area (Å²) in [7, 11) is 0. The van der Waals surface area contributed by atoms with Crippen LogP contribution in [0.1, 0.15) is 44.6 Å². The molecule has 2 fully saturated rings. The minimum absolute atomic E-state index is 0.0897. The number of urea groups is 1. The zero-order valence-corrected chi connectivity index (χ0v) is 16.5. The molecule has 5 rings (SSSR count). The third-order valence-electron chi connectivity index (χ3n) is 6.35. The Balaban J connectivity index is 1.43. The Morgan fingerprint density at radius 2 is 1.96 bits per heavy atom. The van der Waals surface area contributed by atoms with Gasteiger partial charge in [0, 0.05) is 25.0 Å². The molecule has 0 bridgehead atoms. The van der Waals surface area contributed by atoms with Crippen LogP contribution in [-0.2, 0) is 6.42 Å². The molecule has 3 heterocycles. The van der Waals surface area contributed by atoms with Crippen molar-refractivity contribution in [2.75, 3.05) is 13.1 Å². The number of amides is 2. The summed E-state index contributed by atoms with van der Waals surface area (Å²) < 4.78 is 0. The lowest BCUT2D eigenvalue weighted by molar-refractivity contribution is 0.146. The molecule has 1 saturated carbocycles. The van der Waals surface area contributed by atoms with Crippen molar-refractivity contribution in [3.8, 4) is 0 Å². The smallest absolute Gasteiger partial charge is 0.327 e. The van der Waals surface area contributed by atoms with Crippen LogP contribution in [0.4, 0.5) is 4.79 Å². The zero-order chi connectivity index (χ0) is 19.1. The highest BCUT2D eigenvalue weighted by Gasteiger charge is 2.47. The molecule has 6 nitrogen and oxygen atoms in total. The van der Waals surface area contributed by atoms with Crippen LogP contribution in [0.5, 0.6) is 0 Å². The van der Waals surface area contributed by atoms with Crippen molar-refractivity contribution in [3.05, 3.63) is 47.4 Å². The maximum absolute atomic E-state index is 13.2. The van der Waals surface area contributed by atoms with Crippen LogP contribution in [0.15, 0.2) is 46.8 Å². The first-order valence-corrected chi connectivity index (χ1v) is 10.7. The molecular weight excluding hydrogens is 350 g/mol. The van der Waals surface area contributed by atoms with E-state index in [2.05, 4.69) is 41.8 Å². The molecule has 0 spiro atoms. The number of hydrogen-bond donors (Lipinski definition) is 2. The van der Waals surface area contributed by atoms with Crippen molar-refractivity contribution < 1.29 is 4.79 Å². The van der Waals surface area contributed by atoms with Gasteiger partial charge in [0.1, 0.15) is 17.4 Å². The third-order valence-corrected chi connectivity index (χ3v) is 6.35. The second kappa shape index (κ2) is 7.15. The van der Waals surface area contributed by atoms with Gasteiger partial charge in [-0.3, -0.25) is 9.80 Å². The van der Waals surface area contributed by atoms with Crippen molar-refractivity contribution in [1.29, 1.82) is 0 Å². The zero-order valence-electron chi connectivity index (χ0n) is 16.5. The van der Waals surface area contributed by atoms with Crippen LogP contribution >= 0.6 is 0 Å². The van der Waals surface area contributed by atoms with Crippen LogP contribution in [0.25, 0.3) is 0 Å². The molecule has 0 aromatic heterocycles. The first-order chi connectivity index (χ1) is 13.7. The van der Waals surface area contributed by atoms with Gasteiger partial charge in [-0.1, -0.05) is 50.1 Å². The lowest BCUT2D eigenvalue weighted by atomic mass is 10.1. The van der Waals surface area contributed by atoms with Crippen molar-refractivity contribution in [3.63, 3.8) is 0 Å². The number of nitrogens with one attached hydrogen (secondary N) is 2. The quantitative estimate of drug-likeness (QED) is 0.827. The Morgan fingerprint density at radius 3 is 2.71 bits per heavy atom. The molecule has 148 valence electrons. The van der Waals surface area contributed by atoms with E-state index in [1.54, 1.807) is 0 Å².